The summed E-state index contributed by atoms with van der Waals surface area (Å²) < 4.78 is 0. The van der Waals surface area contributed by atoms with E-state index in [1.54, 1.807) is 11.3 Å². The van der Waals surface area contributed by atoms with Crippen molar-refractivity contribution in [3.63, 3.8) is 0 Å². The molecule has 1 aliphatic carbocycles. The van der Waals surface area contributed by atoms with E-state index in [0.717, 1.165) is 24.9 Å². The Morgan fingerprint density at radius 3 is 3.00 bits per heavy atom. The van der Waals surface area contributed by atoms with Gasteiger partial charge in [0.05, 0.1) is 10.7 Å². The molecule has 0 aromatic carbocycles. The van der Waals surface area contributed by atoms with Crippen LogP contribution in [0.1, 0.15) is 49.2 Å². The van der Waals surface area contributed by atoms with Gasteiger partial charge in [0.25, 0.3) is 0 Å². The molecule has 1 saturated carbocycles. The molecule has 3 rings (SSSR count). The zero-order valence-corrected chi connectivity index (χ0v) is 12.5. The van der Waals surface area contributed by atoms with E-state index in [1.165, 1.54) is 55.8 Å². The fourth-order valence-corrected chi connectivity index (χ4v) is 4.60. The smallest absolute Gasteiger partial charge is 0.0941 e. The second-order valence-electron chi connectivity index (χ2n) is 6.00. The number of hydrogen-bond donors (Lipinski definition) is 1. The molecule has 1 saturated heterocycles. The average molecular weight is 279 g/mol. The predicted octanol–water partition coefficient (Wildman–Crippen LogP) is 2.80. The second kappa shape index (κ2) is 6.33. The molecule has 4 heteroatoms. The van der Waals surface area contributed by atoms with Crippen LogP contribution in [0.25, 0.3) is 0 Å². The maximum atomic E-state index is 5.60. The Morgan fingerprint density at radius 1 is 1.26 bits per heavy atom. The van der Waals surface area contributed by atoms with Crippen molar-refractivity contribution in [2.45, 2.75) is 57.5 Å². The van der Waals surface area contributed by atoms with Crippen LogP contribution in [0.5, 0.6) is 0 Å². The topological polar surface area (TPSA) is 42.1 Å². The lowest BCUT2D eigenvalue weighted by Crippen LogP contribution is -2.46. The van der Waals surface area contributed by atoms with Crippen LogP contribution in [0.2, 0.25) is 0 Å². The van der Waals surface area contributed by atoms with Gasteiger partial charge in [0.15, 0.2) is 0 Å². The van der Waals surface area contributed by atoms with E-state index in [0.29, 0.717) is 6.54 Å². The van der Waals surface area contributed by atoms with Crippen molar-refractivity contribution in [2.75, 3.05) is 13.1 Å². The van der Waals surface area contributed by atoms with Gasteiger partial charge in [0.2, 0.25) is 0 Å². The molecule has 0 amide bonds. The fourth-order valence-electron chi connectivity index (χ4n) is 3.79. The number of thiazole rings is 1. The number of nitrogens with two attached hydrogens (primary N) is 1. The minimum atomic E-state index is 0.710. The first kappa shape index (κ1) is 13.5. The van der Waals surface area contributed by atoms with Gasteiger partial charge >= 0.3 is 0 Å². The third-order valence-corrected chi connectivity index (χ3v) is 5.64. The summed E-state index contributed by atoms with van der Waals surface area (Å²) in [7, 11) is 0. The van der Waals surface area contributed by atoms with E-state index in [1.807, 2.05) is 0 Å². The first-order chi connectivity index (χ1) is 9.36. The van der Waals surface area contributed by atoms with Crippen molar-refractivity contribution < 1.29 is 0 Å². The van der Waals surface area contributed by atoms with E-state index < -0.39 is 0 Å². The van der Waals surface area contributed by atoms with Crippen LogP contribution in [-0.4, -0.2) is 29.0 Å². The summed E-state index contributed by atoms with van der Waals surface area (Å²) in [6, 6.07) is 0.835. The molecule has 0 spiro atoms. The molecule has 1 aliphatic heterocycles. The highest BCUT2D eigenvalue weighted by atomic mass is 32.1. The monoisotopic (exact) mass is 279 g/mol. The minimum absolute atomic E-state index is 0.710. The van der Waals surface area contributed by atoms with Gasteiger partial charge in [-0.05, 0) is 44.7 Å². The summed E-state index contributed by atoms with van der Waals surface area (Å²) in [5, 5.41) is 3.44. The Balaban J connectivity index is 1.63. The van der Waals surface area contributed by atoms with Gasteiger partial charge in [-0.15, -0.1) is 11.3 Å². The SMILES string of the molecule is NCCc1nc(CN2CCCC3CCCCC32)cs1. The number of nitrogens with zero attached hydrogens (tertiary/aromatic N) is 2. The number of aromatic nitrogens is 1. The summed E-state index contributed by atoms with van der Waals surface area (Å²) in [6.07, 6.45) is 9.50. The van der Waals surface area contributed by atoms with Gasteiger partial charge in [-0.25, -0.2) is 4.98 Å². The number of fused-ring (bicyclic) bond motifs is 1. The lowest BCUT2D eigenvalue weighted by molar-refractivity contribution is 0.0538. The standard InChI is InChI=1S/C15H25N3S/c16-8-7-15-17-13(11-19-15)10-18-9-3-5-12-4-1-2-6-14(12)18/h11-12,14H,1-10,16H2. The largest absolute Gasteiger partial charge is 0.330 e. The third-order valence-electron chi connectivity index (χ3n) is 4.68. The van der Waals surface area contributed by atoms with Crippen LogP contribution >= 0.6 is 11.3 Å². The molecule has 2 fully saturated rings. The van der Waals surface area contributed by atoms with Gasteiger partial charge in [0.1, 0.15) is 0 Å². The molecular weight excluding hydrogens is 254 g/mol. The van der Waals surface area contributed by atoms with Gasteiger partial charge in [-0.1, -0.05) is 12.8 Å². The molecule has 2 heterocycles. The van der Waals surface area contributed by atoms with Gasteiger partial charge in [-0.3, -0.25) is 4.90 Å². The maximum absolute atomic E-state index is 5.60. The van der Waals surface area contributed by atoms with Crippen molar-refractivity contribution in [1.29, 1.82) is 0 Å². The van der Waals surface area contributed by atoms with Crippen molar-refractivity contribution in [1.82, 2.24) is 9.88 Å². The minimum Gasteiger partial charge on any atom is -0.330 e. The first-order valence-corrected chi connectivity index (χ1v) is 8.62. The van der Waals surface area contributed by atoms with Crippen molar-refractivity contribution >= 4 is 11.3 Å². The Kier molecular flexibility index (Phi) is 4.51. The Bertz CT molecular complexity index is 402. The van der Waals surface area contributed by atoms with Gasteiger partial charge < -0.3 is 5.73 Å². The van der Waals surface area contributed by atoms with Gasteiger partial charge in [-0.2, -0.15) is 0 Å². The molecule has 1 aromatic rings. The molecule has 19 heavy (non-hydrogen) atoms. The number of likely N-dealkylation sites (tertiary alicyclic amines) is 1. The second-order valence-corrected chi connectivity index (χ2v) is 6.94. The summed E-state index contributed by atoms with van der Waals surface area (Å²) in [5.41, 5.74) is 6.86. The molecule has 2 N–H and O–H groups in total. The first-order valence-electron chi connectivity index (χ1n) is 7.74. The highest BCUT2D eigenvalue weighted by Crippen LogP contribution is 2.35. The predicted molar refractivity (Wildman–Crippen MR) is 80.3 cm³/mol. The van der Waals surface area contributed by atoms with Crippen molar-refractivity contribution in [2.24, 2.45) is 11.7 Å². The zero-order valence-electron chi connectivity index (χ0n) is 11.7. The number of piperidine rings is 1. The van der Waals surface area contributed by atoms with Crippen LogP contribution in [0.15, 0.2) is 5.38 Å². The normalized spacial score (nSPS) is 28.3. The molecule has 106 valence electrons. The zero-order chi connectivity index (χ0) is 13.1. The Morgan fingerprint density at radius 2 is 2.11 bits per heavy atom. The van der Waals surface area contributed by atoms with Gasteiger partial charge in [0, 0.05) is 24.4 Å². The number of rotatable bonds is 4. The summed E-state index contributed by atoms with van der Waals surface area (Å²) in [5.74, 6) is 0.963. The van der Waals surface area contributed by atoms with E-state index in [4.69, 9.17) is 10.7 Å². The van der Waals surface area contributed by atoms with E-state index in [9.17, 15) is 0 Å². The quantitative estimate of drug-likeness (QED) is 0.921. The summed E-state index contributed by atoms with van der Waals surface area (Å²) in [6.45, 7) is 3.04. The Hall–Kier alpha value is -0.450. The molecule has 0 radical (unpaired) electrons. The molecule has 1 aromatic heterocycles. The molecule has 3 nitrogen and oxygen atoms in total. The van der Waals surface area contributed by atoms with Crippen LogP contribution < -0.4 is 5.73 Å². The van der Waals surface area contributed by atoms with Crippen molar-refractivity contribution in [3.05, 3.63) is 16.1 Å². The van der Waals surface area contributed by atoms with E-state index >= 15 is 0 Å². The van der Waals surface area contributed by atoms with Crippen molar-refractivity contribution in [3.8, 4) is 0 Å². The highest BCUT2D eigenvalue weighted by molar-refractivity contribution is 7.09. The number of hydrogen-bond acceptors (Lipinski definition) is 4. The van der Waals surface area contributed by atoms with E-state index in [-0.39, 0.29) is 0 Å². The van der Waals surface area contributed by atoms with Crippen LogP contribution in [0, 0.1) is 5.92 Å². The summed E-state index contributed by atoms with van der Waals surface area (Å²) >= 11 is 1.77. The van der Waals surface area contributed by atoms with Crippen LogP contribution in [-0.2, 0) is 13.0 Å². The summed E-state index contributed by atoms with van der Waals surface area (Å²) in [4.78, 5) is 7.43. The molecule has 2 unspecified atom stereocenters. The lowest BCUT2D eigenvalue weighted by Gasteiger charge is -2.44. The third kappa shape index (κ3) is 3.18. The molecule has 2 aliphatic rings. The lowest BCUT2D eigenvalue weighted by atomic mass is 9.78. The maximum Gasteiger partial charge on any atom is 0.0941 e. The molecule has 2 atom stereocenters. The Labute approximate surface area is 120 Å². The van der Waals surface area contributed by atoms with Crippen LogP contribution in [0.4, 0.5) is 0 Å². The molecule has 0 bridgehead atoms. The fraction of sp³-hybridized carbons (Fsp3) is 0.800. The average Bonchev–Trinajstić information content (AvgIpc) is 2.87. The van der Waals surface area contributed by atoms with Crippen LogP contribution in [0.3, 0.4) is 0 Å². The molecular formula is C15H25N3S. The highest BCUT2D eigenvalue weighted by Gasteiger charge is 2.33. The van der Waals surface area contributed by atoms with E-state index in [2.05, 4.69) is 10.3 Å².